The number of amides is 1. The fraction of sp³-hybridized carbons (Fsp3) is 0.900. The number of alkyl carbamates (subject to hydrolysis) is 1. The Morgan fingerprint density at radius 3 is 2.62 bits per heavy atom. The van der Waals surface area contributed by atoms with Crippen LogP contribution in [0.3, 0.4) is 0 Å². The molecule has 0 aromatic heterocycles. The van der Waals surface area contributed by atoms with E-state index in [0.717, 1.165) is 58.1 Å². The summed E-state index contributed by atoms with van der Waals surface area (Å²) >= 11 is 0. The maximum atomic E-state index is 12.0. The number of ether oxygens (including phenoxy) is 1. The van der Waals surface area contributed by atoms with Crippen molar-refractivity contribution in [1.29, 1.82) is 0 Å². The van der Waals surface area contributed by atoms with Crippen molar-refractivity contribution in [2.75, 3.05) is 66.5 Å². The van der Waals surface area contributed by atoms with Crippen LogP contribution in [-0.4, -0.2) is 105 Å². The van der Waals surface area contributed by atoms with Gasteiger partial charge >= 0.3 is 6.09 Å². The van der Waals surface area contributed by atoms with E-state index in [1.165, 1.54) is 19.5 Å². The summed E-state index contributed by atoms with van der Waals surface area (Å²) in [5.41, 5.74) is -0.469. The van der Waals surface area contributed by atoms with Gasteiger partial charge in [-0.1, -0.05) is 0 Å². The van der Waals surface area contributed by atoms with Crippen LogP contribution in [0.5, 0.6) is 0 Å². The van der Waals surface area contributed by atoms with Crippen LogP contribution in [0.25, 0.3) is 0 Å². The molecule has 2 N–H and O–H groups in total. The maximum absolute atomic E-state index is 12.0. The number of aliphatic imine (C=N–C) groups is 1. The van der Waals surface area contributed by atoms with Gasteiger partial charge in [-0.05, 0) is 66.7 Å². The van der Waals surface area contributed by atoms with E-state index in [9.17, 15) is 4.79 Å². The molecule has 0 aliphatic carbocycles. The topological polar surface area (TPSA) is 72.4 Å². The molecule has 0 radical (unpaired) electrons. The van der Waals surface area contributed by atoms with Crippen molar-refractivity contribution in [1.82, 2.24) is 25.3 Å². The lowest BCUT2D eigenvalue weighted by molar-refractivity contribution is 0.0507. The van der Waals surface area contributed by atoms with Gasteiger partial charge in [0.1, 0.15) is 5.60 Å². The minimum Gasteiger partial charge on any atom is -0.444 e. The first-order valence-corrected chi connectivity index (χ1v) is 10.6. The Labute approximate surface area is 193 Å². The molecule has 2 saturated heterocycles. The molecule has 2 aliphatic heterocycles. The zero-order valence-electron chi connectivity index (χ0n) is 18.9. The Balaban J connectivity index is 0.00000420. The van der Waals surface area contributed by atoms with Crippen molar-refractivity contribution in [3.05, 3.63) is 0 Å². The number of carbonyl (C=O) groups excluding carboxylic acids is 1. The first-order valence-electron chi connectivity index (χ1n) is 10.6. The molecule has 0 spiro atoms. The first-order chi connectivity index (χ1) is 13.3. The van der Waals surface area contributed by atoms with E-state index < -0.39 is 5.60 Å². The number of hydrogen-bond donors (Lipinski definition) is 2. The molecular weight excluding hydrogens is 483 g/mol. The molecule has 0 aromatic carbocycles. The molecule has 0 saturated carbocycles. The number of nitrogens with zero attached hydrogens (tertiary/aromatic N) is 4. The third-order valence-electron chi connectivity index (χ3n) is 5.17. The highest BCUT2D eigenvalue weighted by atomic mass is 127. The zero-order chi connectivity index (χ0) is 20.6. The highest BCUT2D eigenvalue weighted by Crippen LogP contribution is 2.12. The molecule has 29 heavy (non-hydrogen) atoms. The average molecular weight is 524 g/mol. The number of carbonyl (C=O) groups is 1. The van der Waals surface area contributed by atoms with E-state index >= 15 is 0 Å². The fourth-order valence-corrected chi connectivity index (χ4v) is 3.70. The van der Waals surface area contributed by atoms with E-state index in [-0.39, 0.29) is 36.1 Å². The largest absolute Gasteiger partial charge is 0.444 e. The van der Waals surface area contributed by atoms with Crippen LogP contribution in [0.15, 0.2) is 4.99 Å². The second-order valence-corrected chi connectivity index (χ2v) is 8.90. The summed E-state index contributed by atoms with van der Waals surface area (Å²) in [7, 11) is 4.03. The molecule has 1 atom stereocenters. The molecule has 2 aliphatic rings. The standard InChI is InChI=1S/C20H40N6O2.HI/c1-20(2,3)28-19(27)23-17-8-13-26(16-17)18(21-4)22-9-6-11-25-12-7-10-24(5)14-15-25;/h17H,6-16H2,1-5H3,(H,21,22)(H,23,27);1H. The van der Waals surface area contributed by atoms with Crippen molar-refractivity contribution in [3.8, 4) is 0 Å². The maximum Gasteiger partial charge on any atom is 0.407 e. The van der Waals surface area contributed by atoms with Gasteiger partial charge < -0.3 is 30.1 Å². The zero-order valence-corrected chi connectivity index (χ0v) is 21.2. The molecule has 8 nitrogen and oxygen atoms in total. The van der Waals surface area contributed by atoms with Crippen LogP contribution in [0, 0.1) is 0 Å². The molecule has 2 heterocycles. The van der Waals surface area contributed by atoms with Crippen molar-refractivity contribution in [2.45, 2.75) is 51.7 Å². The second-order valence-electron chi connectivity index (χ2n) is 8.90. The van der Waals surface area contributed by atoms with Crippen LogP contribution in [0.1, 0.15) is 40.0 Å². The summed E-state index contributed by atoms with van der Waals surface area (Å²) in [6.07, 6.45) is 2.92. The third-order valence-corrected chi connectivity index (χ3v) is 5.17. The van der Waals surface area contributed by atoms with Crippen LogP contribution < -0.4 is 10.6 Å². The van der Waals surface area contributed by atoms with Gasteiger partial charge in [-0.25, -0.2) is 4.79 Å². The minimum atomic E-state index is -0.469. The van der Waals surface area contributed by atoms with Crippen LogP contribution >= 0.6 is 24.0 Å². The van der Waals surface area contributed by atoms with E-state index in [1.54, 1.807) is 0 Å². The summed E-state index contributed by atoms with van der Waals surface area (Å²) < 4.78 is 5.35. The Kier molecular flexibility index (Phi) is 11.6. The number of likely N-dealkylation sites (tertiary alicyclic amines) is 1. The second kappa shape index (κ2) is 12.8. The lowest BCUT2D eigenvalue weighted by Crippen LogP contribution is -2.44. The Bertz CT molecular complexity index is 526. The van der Waals surface area contributed by atoms with E-state index in [1.807, 2.05) is 27.8 Å². The predicted octanol–water partition coefficient (Wildman–Crippen LogP) is 1.81. The molecular formula is C20H41IN6O2. The van der Waals surface area contributed by atoms with Crippen molar-refractivity contribution < 1.29 is 9.53 Å². The number of halogens is 1. The van der Waals surface area contributed by atoms with Crippen molar-refractivity contribution >= 4 is 36.0 Å². The molecule has 1 amide bonds. The quantitative estimate of drug-likeness (QED) is 0.248. The van der Waals surface area contributed by atoms with E-state index in [0.29, 0.717) is 0 Å². The number of nitrogens with one attached hydrogen (secondary N) is 2. The van der Waals surface area contributed by atoms with Gasteiger partial charge in [-0.3, -0.25) is 4.99 Å². The summed E-state index contributed by atoms with van der Waals surface area (Å²) in [4.78, 5) is 23.6. The molecule has 1 unspecified atom stereocenters. The van der Waals surface area contributed by atoms with Crippen LogP contribution in [0.2, 0.25) is 0 Å². The minimum absolute atomic E-state index is 0. The van der Waals surface area contributed by atoms with Crippen LogP contribution in [0.4, 0.5) is 4.79 Å². The number of rotatable bonds is 5. The Hall–Kier alpha value is -0.810. The SMILES string of the molecule is CN=C(NCCCN1CCCN(C)CC1)N1CCC(NC(=O)OC(C)(C)C)C1.I. The first kappa shape index (κ1) is 26.2. The van der Waals surface area contributed by atoms with Crippen molar-refractivity contribution in [2.24, 2.45) is 4.99 Å². The summed E-state index contributed by atoms with van der Waals surface area (Å²) in [6.45, 7) is 14.0. The van der Waals surface area contributed by atoms with Gasteiger partial charge in [-0.2, -0.15) is 0 Å². The van der Waals surface area contributed by atoms with Gasteiger partial charge in [0.25, 0.3) is 0 Å². The normalized spacial score (nSPS) is 22.0. The number of guanidine groups is 1. The highest BCUT2D eigenvalue weighted by Gasteiger charge is 2.27. The van der Waals surface area contributed by atoms with Gasteiger partial charge in [0, 0.05) is 39.8 Å². The Morgan fingerprint density at radius 1 is 1.17 bits per heavy atom. The van der Waals surface area contributed by atoms with E-state index in [4.69, 9.17) is 4.74 Å². The summed E-state index contributed by atoms with van der Waals surface area (Å²) in [5.74, 6) is 0.920. The smallest absolute Gasteiger partial charge is 0.407 e. The van der Waals surface area contributed by atoms with E-state index in [2.05, 4.69) is 37.4 Å². The van der Waals surface area contributed by atoms with Gasteiger partial charge in [-0.15, -0.1) is 24.0 Å². The van der Waals surface area contributed by atoms with Gasteiger partial charge in [0.2, 0.25) is 0 Å². The summed E-state index contributed by atoms with van der Waals surface area (Å²) in [6, 6.07) is 0.0995. The Morgan fingerprint density at radius 2 is 1.93 bits per heavy atom. The molecule has 2 rings (SSSR count). The summed E-state index contributed by atoms with van der Waals surface area (Å²) in [5, 5.41) is 6.45. The molecule has 0 bridgehead atoms. The average Bonchev–Trinajstić information content (AvgIpc) is 2.94. The molecule has 170 valence electrons. The monoisotopic (exact) mass is 524 g/mol. The van der Waals surface area contributed by atoms with Crippen LogP contribution in [-0.2, 0) is 4.74 Å². The molecule has 9 heteroatoms. The van der Waals surface area contributed by atoms with Gasteiger partial charge in [0.15, 0.2) is 5.96 Å². The number of hydrogen-bond acceptors (Lipinski definition) is 5. The predicted molar refractivity (Wildman–Crippen MR) is 129 cm³/mol. The lowest BCUT2D eigenvalue weighted by atomic mass is 10.2. The lowest BCUT2D eigenvalue weighted by Gasteiger charge is -2.24. The molecule has 2 fully saturated rings. The van der Waals surface area contributed by atoms with Gasteiger partial charge in [0.05, 0.1) is 6.04 Å². The highest BCUT2D eigenvalue weighted by molar-refractivity contribution is 14.0. The number of likely N-dealkylation sites (N-methyl/N-ethyl adjacent to an activating group) is 1. The third kappa shape index (κ3) is 10.2. The molecule has 0 aromatic rings. The fourth-order valence-electron chi connectivity index (χ4n) is 3.70. The van der Waals surface area contributed by atoms with Crippen molar-refractivity contribution in [3.63, 3.8) is 0 Å².